The summed E-state index contributed by atoms with van der Waals surface area (Å²) in [7, 11) is -4.01. The molecule has 1 N–H and O–H groups in total. The summed E-state index contributed by atoms with van der Waals surface area (Å²) in [5.41, 5.74) is -0.361. The van der Waals surface area contributed by atoms with Crippen LogP contribution in [0.2, 0.25) is 15.1 Å². The molecule has 2 aromatic rings. The molecule has 0 heterocycles. The Hall–Kier alpha value is -1.27. The molecule has 2 aromatic carbocycles. The van der Waals surface area contributed by atoms with Gasteiger partial charge in [0.25, 0.3) is 10.0 Å². The Kier molecular flexibility index (Phi) is 4.55. The number of halogens is 3. The van der Waals surface area contributed by atoms with Crippen LogP contribution in [0, 0.1) is 0 Å². The molecule has 1 fully saturated rings. The van der Waals surface area contributed by atoms with E-state index in [1.165, 1.54) is 24.3 Å². The SMILES string of the molecule is O=C(NS(=O)(=O)c1cccc(Cl)c1)C1(c2ccc(Cl)cc2Cl)CC1. The molecule has 1 aliphatic rings. The quantitative estimate of drug-likeness (QED) is 0.831. The molecule has 0 aliphatic heterocycles. The van der Waals surface area contributed by atoms with Crippen molar-refractivity contribution in [2.24, 2.45) is 0 Å². The minimum atomic E-state index is -4.01. The van der Waals surface area contributed by atoms with E-state index in [1.54, 1.807) is 18.2 Å². The third kappa shape index (κ3) is 3.26. The summed E-state index contributed by atoms with van der Waals surface area (Å²) in [6.45, 7) is 0. The highest BCUT2D eigenvalue weighted by Gasteiger charge is 2.53. The Bertz CT molecular complexity index is 924. The van der Waals surface area contributed by atoms with Gasteiger partial charge >= 0.3 is 0 Å². The van der Waals surface area contributed by atoms with Gasteiger partial charge in [0.2, 0.25) is 5.91 Å². The molecule has 0 saturated heterocycles. The highest BCUT2D eigenvalue weighted by molar-refractivity contribution is 7.90. The maximum absolute atomic E-state index is 12.6. The lowest BCUT2D eigenvalue weighted by atomic mass is 9.95. The Morgan fingerprint density at radius 2 is 1.67 bits per heavy atom. The van der Waals surface area contributed by atoms with Gasteiger partial charge in [0.15, 0.2) is 0 Å². The van der Waals surface area contributed by atoms with Gasteiger partial charge in [-0.3, -0.25) is 4.79 Å². The van der Waals surface area contributed by atoms with Crippen LogP contribution in [-0.4, -0.2) is 14.3 Å². The summed E-state index contributed by atoms with van der Waals surface area (Å²) >= 11 is 17.9. The molecular formula is C16H12Cl3NO3S. The molecule has 0 atom stereocenters. The van der Waals surface area contributed by atoms with Gasteiger partial charge in [0.1, 0.15) is 0 Å². The van der Waals surface area contributed by atoms with E-state index in [9.17, 15) is 13.2 Å². The van der Waals surface area contributed by atoms with E-state index in [2.05, 4.69) is 4.72 Å². The summed E-state index contributed by atoms with van der Waals surface area (Å²) in [6, 6.07) is 10.5. The van der Waals surface area contributed by atoms with E-state index >= 15 is 0 Å². The van der Waals surface area contributed by atoms with Crippen molar-refractivity contribution in [2.75, 3.05) is 0 Å². The number of amides is 1. The van der Waals surface area contributed by atoms with Crippen LogP contribution in [0.25, 0.3) is 0 Å². The van der Waals surface area contributed by atoms with E-state index < -0.39 is 21.3 Å². The van der Waals surface area contributed by atoms with E-state index in [1.807, 2.05) is 0 Å². The summed E-state index contributed by atoms with van der Waals surface area (Å²) in [6.07, 6.45) is 1.04. The van der Waals surface area contributed by atoms with Crippen molar-refractivity contribution in [2.45, 2.75) is 23.2 Å². The van der Waals surface area contributed by atoms with E-state index in [4.69, 9.17) is 34.8 Å². The molecule has 0 radical (unpaired) electrons. The molecule has 1 amide bonds. The van der Waals surface area contributed by atoms with Crippen molar-refractivity contribution in [3.8, 4) is 0 Å². The van der Waals surface area contributed by atoms with Crippen molar-refractivity contribution in [1.29, 1.82) is 0 Å². The Morgan fingerprint density at radius 1 is 1.00 bits per heavy atom. The molecule has 0 unspecified atom stereocenters. The van der Waals surface area contributed by atoms with Crippen LogP contribution in [0.1, 0.15) is 18.4 Å². The van der Waals surface area contributed by atoms with Gasteiger partial charge in [0, 0.05) is 15.1 Å². The van der Waals surface area contributed by atoms with Gasteiger partial charge in [-0.1, -0.05) is 46.9 Å². The molecule has 8 heteroatoms. The number of carbonyl (C=O) groups is 1. The Morgan fingerprint density at radius 3 is 2.25 bits per heavy atom. The molecule has 4 nitrogen and oxygen atoms in total. The molecule has 0 aromatic heterocycles. The molecule has 126 valence electrons. The van der Waals surface area contributed by atoms with Gasteiger partial charge in [0.05, 0.1) is 10.3 Å². The maximum atomic E-state index is 12.6. The van der Waals surface area contributed by atoms with Gasteiger partial charge < -0.3 is 0 Å². The van der Waals surface area contributed by atoms with Gasteiger partial charge in [-0.25, -0.2) is 13.1 Å². The number of hydrogen-bond donors (Lipinski definition) is 1. The third-order valence-electron chi connectivity index (χ3n) is 3.96. The van der Waals surface area contributed by atoms with Crippen molar-refractivity contribution >= 4 is 50.7 Å². The van der Waals surface area contributed by atoms with E-state index in [-0.39, 0.29) is 9.92 Å². The summed E-state index contributed by atoms with van der Waals surface area (Å²) in [5, 5.41) is 1.06. The zero-order chi connectivity index (χ0) is 17.5. The highest BCUT2D eigenvalue weighted by atomic mass is 35.5. The first-order valence-electron chi connectivity index (χ1n) is 7.03. The van der Waals surface area contributed by atoms with Crippen molar-refractivity contribution < 1.29 is 13.2 Å². The zero-order valence-corrected chi connectivity index (χ0v) is 15.3. The van der Waals surface area contributed by atoms with Crippen LogP contribution in [0.4, 0.5) is 0 Å². The molecular weight excluding hydrogens is 393 g/mol. The smallest absolute Gasteiger partial charge is 0.264 e. The standard InChI is InChI=1S/C16H12Cl3NO3S/c17-10-2-1-3-12(8-10)24(22,23)20-15(21)16(6-7-16)13-5-4-11(18)9-14(13)19/h1-5,8-9H,6-7H2,(H,20,21). The van der Waals surface area contributed by atoms with Gasteiger partial charge in [-0.15, -0.1) is 0 Å². The van der Waals surface area contributed by atoms with Crippen LogP contribution < -0.4 is 4.72 Å². The van der Waals surface area contributed by atoms with Crippen LogP contribution in [0.15, 0.2) is 47.4 Å². The van der Waals surface area contributed by atoms with Gasteiger partial charge in [-0.05, 0) is 48.7 Å². The summed E-state index contributed by atoms with van der Waals surface area (Å²) in [4.78, 5) is 12.6. The minimum absolute atomic E-state index is 0.0682. The predicted molar refractivity (Wildman–Crippen MR) is 94.2 cm³/mol. The predicted octanol–water partition coefficient (Wildman–Crippen LogP) is 4.18. The van der Waals surface area contributed by atoms with Crippen LogP contribution in [-0.2, 0) is 20.2 Å². The third-order valence-corrected chi connectivity index (χ3v) is 6.08. The van der Waals surface area contributed by atoms with E-state index in [0.717, 1.165) is 0 Å². The average molecular weight is 405 g/mol. The summed E-state index contributed by atoms with van der Waals surface area (Å²) in [5.74, 6) is -0.605. The maximum Gasteiger partial charge on any atom is 0.264 e. The largest absolute Gasteiger partial charge is 0.273 e. The zero-order valence-electron chi connectivity index (χ0n) is 12.2. The fourth-order valence-electron chi connectivity index (χ4n) is 2.53. The Balaban J connectivity index is 1.89. The average Bonchev–Trinajstić information content (AvgIpc) is 3.28. The first-order valence-corrected chi connectivity index (χ1v) is 9.65. The van der Waals surface area contributed by atoms with Crippen molar-refractivity contribution in [3.05, 3.63) is 63.1 Å². The second-order valence-electron chi connectivity index (χ2n) is 5.60. The normalized spacial score (nSPS) is 15.8. The monoisotopic (exact) mass is 403 g/mol. The first kappa shape index (κ1) is 17.5. The second kappa shape index (κ2) is 6.23. The number of hydrogen-bond acceptors (Lipinski definition) is 3. The molecule has 3 rings (SSSR count). The number of carbonyl (C=O) groups excluding carboxylic acids is 1. The van der Waals surface area contributed by atoms with Crippen molar-refractivity contribution in [3.63, 3.8) is 0 Å². The molecule has 1 saturated carbocycles. The first-order chi connectivity index (χ1) is 11.2. The lowest BCUT2D eigenvalue weighted by Gasteiger charge is -2.17. The minimum Gasteiger partial charge on any atom is -0.273 e. The summed E-state index contributed by atoms with van der Waals surface area (Å²) < 4.78 is 26.9. The molecule has 0 spiro atoms. The number of nitrogens with one attached hydrogen (secondary N) is 1. The van der Waals surface area contributed by atoms with Gasteiger partial charge in [-0.2, -0.15) is 0 Å². The van der Waals surface area contributed by atoms with E-state index in [0.29, 0.717) is 28.5 Å². The Labute approximate surface area is 154 Å². The topological polar surface area (TPSA) is 63.2 Å². The second-order valence-corrected chi connectivity index (χ2v) is 8.56. The lowest BCUT2D eigenvalue weighted by Crippen LogP contribution is -2.39. The van der Waals surface area contributed by atoms with Crippen LogP contribution >= 0.6 is 34.8 Å². The highest BCUT2D eigenvalue weighted by Crippen LogP contribution is 2.51. The number of benzene rings is 2. The number of sulfonamides is 1. The van der Waals surface area contributed by atoms with Crippen molar-refractivity contribution in [1.82, 2.24) is 4.72 Å². The molecule has 0 bridgehead atoms. The van der Waals surface area contributed by atoms with Crippen LogP contribution in [0.3, 0.4) is 0 Å². The lowest BCUT2D eigenvalue weighted by molar-refractivity contribution is -0.121. The fourth-order valence-corrected chi connectivity index (χ4v) is 4.48. The van der Waals surface area contributed by atoms with Crippen LogP contribution in [0.5, 0.6) is 0 Å². The fraction of sp³-hybridized carbons (Fsp3) is 0.188. The number of rotatable bonds is 4. The molecule has 1 aliphatic carbocycles. The molecule has 24 heavy (non-hydrogen) atoms.